The van der Waals surface area contributed by atoms with E-state index >= 15 is 0 Å². The highest BCUT2D eigenvalue weighted by atomic mass is 19.2. The molecule has 1 atom stereocenters. The topological polar surface area (TPSA) is 51.4 Å². The normalized spacial score (nSPS) is 16.4. The Hall–Kier alpha value is -2.71. The Morgan fingerprint density at radius 1 is 0.926 bits per heavy atom. The van der Waals surface area contributed by atoms with Crippen molar-refractivity contribution in [2.45, 2.75) is 6.04 Å². The van der Waals surface area contributed by atoms with Gasteiger partial charge in [-0.1, -0.05) is 23.4 Å². The average molecular weight is 375 g/mol. The molecular formula is C19H16F3N3O2. The van der Waals surface area contributed by atoms with E-state index in [1.165, 1.54) is 12.1 Å². The second-order valence-corrected chi connectivity index (χ2v) is 6.16. The molecule has 2 aromatic carbocycles. The summed E-state index contributed by atoms with van der Waals surface area (Å²) in [5, 5.41) is 3.87. The van der Waals surface area contributed by atoms with Crippen molar-refractivity contribution in [1.82, 2.24) is 15.0 Å². The van der Waals surface area contributed by atoms with Crippen LogP contribution in [0.3, 0.4) is 0 Å². The van der Waals surface area contributed by atoms with Crippen LogP contribution in [0.2, 0.25) is 0 Å². The third kappa shape index (κ3) is 3.58. The molecule has 0 amide bonds. The van der Waals surface area contributed by atoms with Crippen molar-refractivity contribution in [1.29, 1.82) is 0 Å². The van der Waals surface area contributed by atoms with Gasteiger partial charge in [0.2, 0.25) is 11.7 Å². The summed E-state index contributed by atoms with van der Waals surface area (Å²) in [4.78, 5) is 6.32. The van der Waals surface area contributed by atoms with Crippen LogP contribution in [0, 0.1) is 17.5 Å². The molecule has 0 spiro atoms. The van der Waals surface area contributed by atoms with Crippen LogP contribution < -0.4 is 0 Å². The molecule has 0 bridgehead atoms. The Kier molecular flexibility index (Phi) is 4.91. The fraction of sp³-hybridized carbons (Fsp3) is 0.263. The number of rotatable bonds is 4. The molecule has 4 rings (SSSR count). The quantitative estimate of drug-likeness (QED) is 0.698. The molecular weight excluding hydrogens is 359 g/mol. The first kappa shape index (κ1) is 17.7. The first-order valence-corrected chi connectivity index (χ1v) is 8.49. The summed E-state index contributed by atoms with van der Waals surface area (Å²) in [6, 6.07) is 9.13. The molecule has 0 aliphatic carbocycles. The van der Waals surface area contributed by atoms with Gasteiger partial charge in [0.25, 0.3) is 0 Å². The van der Waals surface area contributed by atoms with Crippen molar-refractivity contribution < 1.29 is 22.4 Å². The minimum atomic E-state index is -1.00. The van der Waals surface area contributed by atoms with Gasteiger partial charge in [-0.25, -0.2) is 13.2 Å². The largest absolute Gasteiger partial charge is 0.379 e. The van der Waals surface area contributed by atoms with Crippen LogP contribution in [-0.4, -0.2) is 41.3 Å². The van der Waals surface area contributed by atoms with Gasteiger partial charge in [-0.3, -0.25) is 4.90 Å². The lowest BCUT2D eigenvalue weighted by molar-refractivity contribution is 0.0174. The molecule has 1 aromatic heterocycles. The van der Waals surface area contributed by atoms with Crippen LogP contribution in [0.15, 0.2) is 47.0 Å². The molecule has 0 radical (unpaired) electrons. The van der Waals surface area contributed by atoms with E-state index in [4.69, 9.17) is 9.26 Å². The maximum Gasteiger partial charge on any atom is 0.249 e. The number of morpholine rings is 1. The predicted octanol–water partition coefficient (Wildman–Crippen LogP) is 3.58. The Morgan fingerprint density at radius 3 is 2.44 bits per heavy atom. The van der Waals surface area contributed by atoms with Crippen molar-refractivity contribution >= 4 is 0 Å². The lowest BCUT2D eigenvalue weighted by atomic mass is 10.0. The van der Waals surface area contributed by atoms with Crippen LogP contribution >= 0.6 is 0 Å². The first-order valence-electron chi connectivity index (χ1n) is 8.49. The molecule has 0 unspecified atom stereocenters. The van der Waals surface area contributed by atoms with E-state index in [2.05, 4.69) is 10.1 Å². The Morgan fingerprint density at radius 2 is 1.70 bits per heavy atom. The van der Waals surface area contributed by atoms with Gasteiger partial charge in [0.1, 0.15) is 11.9 Å². The van der Waals surface area contributed by atoms with Crippen molar-refractivity contribution in [3.05, 3.63) is 71.4 Å². The maximum atomic E-state index is 14.5. The standard InChI is InChI=1S/C19H16F3N3O2/c20-14-4-2-1-3-13(14)17(25-7-9-26-10-8-25)19-23-18(24-27-19)12-5-6-15(21)16(22)11-12/h1-6,11,17H,7-10H2/t17-/m0/s1. The smallest absolute Gasteiger partial charge is 0.249 e. The van der Waals surface area contributed by atoms with Crippen LogP contribution in [0.5, 0.6) is 0 Å². The van der Waals surface area contributed by atoms with Gasteiger partial charge in [0.05, 0.1) is 13.2 Å². The summed E-state index contributed by atoms with van der Waals surface area (Å²) < 4.78 is 51.9. The van der Waals surface area contributed by atoms with Gasteiger partial charge < -0.3 is 9.26 Å². The van der Waals surface area contributed by atoms with Crippen molar-refractivity contribution in [2.75, 3.05) is 26.3 Å². The molecule has 1 aliphatic rings. The molecule has 0 N–H and O–H groups in total. The number of hydrogen-bond acceptors (Lipinski definition) is 5. The summed E-state index contributed by atoms with van der Waals surface area (Å²) in [5.41, 5.74) is 0.679. The zero-order valence-electron chi connectivity index (χ0n) is 14.2. The fourth-order valence-corrected chi connectivity index (χ4v) is 3.12. The zero-order chi connectivity index (χ0) is 18.8. The zero-order valence-corrected chi connectivity index (χ0v) is 14.2. The number of nitrogens with zero attached hydrogens (tertiary/aromatic N) is 3. The molecule has 2 heterocycles. The predicted molar refractivity (Wildman–Crippen MR) is 90.3 cm³/mol. The summed E-state index contributed by atoms with van der Waals surface area (Å²) in [6.45, 7) is 2.16. The summed E-state index contributed by atoms with van der Waals surface area (Å²) in [6.07, 6.45) is 0. The Bertz CT molecular complexity index is 941. The van der Waals surface area contributed by atoms with E-state index in [0.29, 0.717) is 31.9 Å². The van der Waals surface area contributed by atoms with E-state index in [1.807, 2.05) is 4.90 Å². The highest BCUT2D eigenvalue weighted by molar-refractivity contribution is 5.54. The van der Waals surface area contributed by atoms with Gasteiger partial charge >= 0.3 is 0 Å². The summed E-state index contributed by atoms with van der Waals surface area (Å²) >= 11 is 0. The fourth-order valence-electron chi connectivity index (χ4n) is 3.12. The molecule has 3 aromatic rings. The minimum absolute atomic E-state index is 0.110. The molecule has 1 fully saturated rings. The maximum absolute atomic E-state index is 14.5. The number of halogens is 3. The van der Waals surface area contributed by atoms with Gasteiger partial charge in [-0.2, -0.15) is 4.98 Å². The second-order valence-electron chi connectivity index (χ2n) is 6.16. The lowest BCUT2D eigenvalue weighted by Gasteiger charge is -2.32. The molecule has 140 valence electrons. The van der Waals surface area contributed by atoms with E-state index in [0.717, 1.165) is 12.1 Å². The van der Waals surface area contributed by atoms with Crippen LogP contribution in [0.1, 0.15) is 17.5 Å². The first-order chi connectivity index (χ1) is 13.1. The Labute approximate surface area is 153 Å². The van der Waals surface area contributed by atoms with E-state index in [1.54, 1.807) is 18.2 Å². The van der Waals surface area contributed by atoms with Gasteiger partial charge in [-0.05, 0) is 24.3 Å². The van der Waals surface area contributed by atoms with E-state index < -0.39 is 17.7 Å². The van der Waals surface area contributed by atoms with Crippen LogP contribution in [-0.2, 0) is 4.74 Å². The highest BCUT2D eigenvalue weighted by Crippen LogP contribution is 2.31. The molecule has 1 aliphatic heterocycles. The third-order valence-corrected chi connectivity index (χ3v) is 4.46. The third-order valence-electron chi connectivity index (χ3n) is 4.46. The van der Waals surface area contributed by atoms with Gasteiger partial charge in [-0.15, -0.1) is 0 Å². The SMILES string of the molecule is Fc1ccc(-c2noc([C@H](c3ccccc3F)N3CCOCC3)n2)cc1F. The highest BCUT2D eigenvalue weighted by Gasteiger charge is 2.31. The second kappa shape index (κ2) is 7.50. The Balaban J connectivity index is 1.73. The monoisotopic (exact) mass is 375 g/mol. The number of aromatic nitrogens is 2. The van der Waals surface area contributed by atoms with Crippen molar-refractivity contribution in [3.63, 3.8) is 0 Å². The van der Waals surface area contributed by atoms with Crippen molar-refractivity contribution in [3.8, 4) is 11.4 Å². The molecule has 1 saturated heterocycles. The van der Waals surface area contributed by atoms with Crippen LogP contribution in [0.25, 0.3) is 11.4 Å². The lowest BCUT2D eigenvalue weighted by Crippen LogP contribution is -2.40. The van der Waals surface area contributed by atoms with Gasteiger partial charge in [0.15, 0.2) is 11.6 Å². The van der Waals surface area contributed by atoms with Crippen molar-refractivity contribution in [2.24, 2.45) is 0 Å². The van der Waals surface area contributed by atoms with Crippen LogP contribution in [0.4, 0.5) is 13.2 Å². The number of benzene rings is 2. The molecule has 27 heavy (non-hydrogen) atoms. The minimum Gasteiger partial charge on any atom is -0.379 e. The molecule has 0 saturated carbocycles. The van der Waals surface area contributed by atoms with E-state index in [-0.39, 0.29) is 23.1 Å². The van der Waals surface area contributed by atoms with E-state index in [9.17, 15) is 13.2 Å². The summed E-state index contributed by atoms with van der Waals surface area (Å²) in [5.74, 6) is -2.06. The number of hydrogen-bond donors (Lipinski definition) is 0. The van der Waals surface area contributed by atoms with Gasteiger partial charge in [0, 0.05) is 24.2 Å². The summed E-state index contributed by atoms with van der Waals surface area (Å²) in [7, 11) is 0. The average Bonchev–Trinajstić information content (AvgIpc) is 3.16. The number of ether oxygens (including phenoxy) is 1. The molecule has 8 heteroatoms. The molecule has 5 nitrogen and oxygen atoms in total.